The summed E-state index contributed by atoms with van der Waals surface area (Å²) in [5, 5.41) is 3.84. The van der Waals surface area contributed by atoms with Crippen LogP contribution in [0.4, 0.5) is 5.69 Å². The lowest BCUT2D eigenvalue weighted by molar-refractivity contribution is 0.191. The molecule has 1 aliphatic carbocycles. The molecule has 4 atom stereocenters. The van der Waals surface area contributed by atoms with E-state index in [1.54, 1.807) is 5.56 Å². The summed E-state index contributed by atoms with van der Waals surface area (Å²) >= 11 is 0. The molecule has 5 rings (SSSR count). The number of hydrogen-bond donors (Lipinski definition) is 1. The molecule has 0 saturated carbocycles. The van der Waals surface area contributed by atoms with Gasteiger partial charge in [0, 0.05) is 43.1 Å². The lowest BCUT2D eigenvalue weighted by atomic mass is 9.88. The molecule has 31 heavy (non-hydrogen) atoms. The van der Waals surface area contributed by atoms with Crippen molar-refractivity contribution >= 4 is 5.69 Å². The van der Waals surface area contributed by atoms with Crippen molar-refractivity contribution in [3.63, 3.8) is 0 Å². The standard InChI is InChI=1S/C27H38N4/c1-19-8-4-9-20(2)31(19)25-13-6-11-22-17-29-23(16-24(22)25)18-30(3)26-14-5-10-21-12-7-15-28-27(21)26/h6-7,11-13,15,19-20,23,26,29H,4-5,8-10,14,16-18H2,1-3H3/t19-,20+,23-,26+/m1/s1. The fourth-order valence-electron chi connectivity index (χ4n) is 6.35. The predicted molar refractivity (Wildman–Crippen MR) is 129 cm³/mol. The first-order chi connectivity index (χ1) is 15.1. The molecular formula is C27H38N4. The summed E-state index contributed by atoms with van der Waals surface area (Å²) in [5.74, 6) is 0. The SMILES string of the molecule is C[C@@H]1CCC[C@H](C)N1c1cccc2c1C[C@H](CN(C)[C@H]1CCCc3cccnc31)NC2. The zero-order valence-electron chi connectivity index (χ0n) is 19.5. The summed E-state index contributed by atoms with van der Waals surface area (Å²) in [7, 11) is 2.30. The first-order valence-corrected chi connectivity index (χ1v) is 12.4. The minimum atomic E-state index is 0.450. The Bertz CT molecular complexity index is 900. The highest BCUT2D eigenvalue weighted by molar-refractivity contribution is 5.59. The molecule has 1 saturated heterocycles. The van der Waals surface area contributed by atoms with E-state index in [-0.39, 0.29) is 0 Å². The van der Waals surface area contributed by atoms with Crippen molar-refractivity contribution in [1.82, 2.24) is 15.2 Å². The molecule has 0 spiro atoms. The van der Waals surface area contributed by atoms with Crippen LogP contribution in [0.15, 0.2) is 36.5 Å². The number of aryl methyl sites for hydroxylation is 1. The van der Waals surface area contributed by atoms with Crippen molar-refractivity contribution < 1.29 is 0 Å². The number of anilines is 1. The van der Waals surface area contributed by atoms with Crippen molar-refractivity contribution in [2.45, 2.75) is 89.5 Å². The molecule has 2 aliphatic heterocycles. The van der Waals surface area contributed by atoms with Crippen molar-refractivity contribution in [3.8, 4) is 0 Å². The van der Waals surface area contributed by atoms with Crippen molar-refractivity contribution in [1.29, 1.82) is 0 Å². The van der Waals surface area contributed by atoms with E-state index in [4.69, 9.17) is 4.98 Å². The summed E-state index contributed by atoms with van der Waals surface area (Å²) in [4.78, 5) is 10.0. The topological polar surface area (TPSA) is 31.4 Å². The number of nitrogens with zero attached hydrogens (tertiary/aromatic N) is 3. The molecule has 0 bridgehead atoms. The van der Waals surface area contributed by atoms with Crippen LogP contribution in [0.1, 0.15) is 74.4 Å². The van der Waals surface area contributed by atoms with Gasteiger partial charge >= 0.3 is 0 Å². The molecule has 3 heterocycles. The van der Waals surface area contributed by atoms with Crippen molar-refractivity contribution in [3.05, 3.63) is 58.9 Å². The Labute approximate surface area is 188 Å². The summed E-state index contributed by atoms with van der Waals surface area (Å²) < 4.78 is 0. The number of hydrogen-bond acceptors (Lipinski definition) is 4. The summed E-state index contributed by atoms with van der Waals surface area (Å²) in [6.45, 7) is 6.88. The molecule has 0 amide bonds. The van der Waals surface area contributed by atoms with E-state index < -0.39 is 0 Å². The molecule has 3 aliphatic rings. The van der Waals surface area contributed by atoms with Gasteiger partial charge in [-0.2, -0.15) is 0 Å². The molecule has 1 N–H and O–H groups in total. The molecule has 1 aromatic heterocycles. The van der Waals surface area contributed by atoms with Gasteiger partial charge in [-0.05, 0) is 94.7 Å². The average Bonchev–Trinajstić information content (AvgIpc) is 2.79. The van der Waals surface area contributed by atoms with Crippen LogP contribution < -0.4 is 10.2 Å². The smallest absolute Gasteiger partial charge is 0.0607 e. The first kappa shape index (κ1) is 21.0. The highest BCUT2D eigenvalue weighted by Crippen LogP contribution is 2.36. The highest BCUT2D eigenvalue weighted by atomic mass is 15.2. The van der Waals surface area contributed by atoms with E-state index in [0.717, 1.165) is 19.5 Å². The average molecular weight is 419 g/mol. The van der Waals surface area contributed by atoms with Gasteiger partial charge in [0.15, 0.2) is 0 Å². The van der Waals surface area contributed by atoms with E-state index in [9.17, 15) is 0 Å². The van der Waals surface area contributed by atoms with Gasteiger partial charge in [0.25, 0.3) is 0 Å². The maximum atomic E-state index is 4.77. The number of rotatable bonds is 4. The Morgan fingerprint density at radius 2 is 1.84 bits per heavy atom. The second kappa shape index (κ2) is 8.91. The lowest BCUT2D eigenvalue weighted by Gasteiger charge is -2.43. The maximum Gasteiger partial charge on any atom is 0.0607 e. The molecule has 166 valence electrons. The largest absolute Gasteiger partial charge is 0.366 e. The Kier molecular flexibility index (Phi) is 6.03. The molecule has 0 unspecified atom stereocenters. The molecule has 2 aromatic rings. The summed E-state index contributed by atoms with van der Waals surface area (Å²) in [6, 6.07) is 13.5. The van der Waals surface area contributed by atoms with Crippen LogP contribution in [0.2, 0.25) is 0 Å². The quantitative estimate of drug-likeness (QED) is 0.767. The first-order valence-electron chi connectivity index (χ1n) is 12.4. The number of fused-ring (bicyclic) bond motifs is 2. The number of benzene rings is 1. The fourth-order valence-corrected chi connectivity index (χ4v) is 6.35. The Morgan fingerprint density at radius 3 is 2.68 bits per heavy atom. The fraction of sp³-hybridized carbons (Fsp3) is 0.593. The van der Waals surface area contributed by atoms with Gasteiger partial charge in [-0.15, -0.1) is 0 Å². The Balaban J connectivity index is 1.34. The maximum absolute atomic E-state index is 4.77. The van der Waals surface area contributed by atoms with Crippen LogP contribution in [0.3, 0.4) is 0 Å². The number of nitrogens with one attached hydrogen (secondary N) is 1. The van der Waals surface area contributed by atoms with Gasteiger partial charge in [-0.25, -0.2) is 0 Å². The van der Waals surface area contributed by atoms with E-state index in [0.29, 0.717) is 24.2 Å². The highest BCUT2D eigenvalue weighted by Gasteiger charge is 2.31. The van der Waals surface area contributed by atoms with Gasteiger partial charge in [-0.3, -0.25) is 9.88 Å². The number of aromatic nitrogens is 1. The third kappa shape index (κ3) is 4.12. The van der Waals surface area contributed by atoms with Gasteiger partial charge < -0.3 is 10.2 Å². The predicted octanol–water partition coefficient (Wildman–Crippen LogP) is 4.87. The van der Waals surface area contributed by atoms with Crippen molar-refractivity contribution in [2.24, 2.45) is 0 Å². The third-order valence-electron chi connectivity index (χ3n) is 7.96. The number of piperidine rings is 1. The molecule has 1 fully saturated rings. The molecule has 4 heteroatoms. The summed E-state index contributed by atoms with van der Waals surface area (Å²) in [6.07, 6.45) is 10.7. The van der Waals surface area contributed by atoms with Gasteiger partial charge in [0.05, 0.1) is 11.7 Å². The normalized spacial score (nSPS) is 28.3. The minimum Gasteiger partial charge on any atom is -0.366 e. The molecule has 4 nitrogen and oxygen atoms in total. The zero-order chi connectivity index (χ0) is 21.4. The monoisotopic (exact) mass is 418 g/mol. The molecule has 1 aromatic carbocycles. The van der Waals surface area contributed by atoms with Gasteiger partial charge in [0.2, 0.25) is 0 Å². The molecule has 0 radical (unpaired) electrons. The lowest BCUT2D eigenvalue weighted by Crippen LogP contribution is -2.47. The zero-order valence-corrected chi connectivity index (χ0v) is 19.5. The Hall–Kier alpha value is -1.91. The van der Waals surface area contributed by atoms with Crippen LogP contribution in [0.25, 0.3) is 0 Å². The van der Waals surface area contributed by atoms with E-state index in [1.807, 2.05) is 6.20 Å². The number of pyridine rings is 1. The van der Waals surface area contributed by atoms with Gasteiger partial charge in [-0.1, -0.05) is 18.2 Å². The van der Waals surface area contributed by atoms with Crippen LogP contribution in [0.5, 0.6) is 0 Å². The van der Waals surface area contributed by atoms with Crippen molar-refractivity contribution in [2.75, 3.05) is 18.5 Å². The second-order valence-electron chi connectivity index (χ2n) is 10.1. The van der Waals surface area contributed by atoms with Crippen LogP contribution >= 0.6 is 0 Å². The van der Waals surface area contributed by atoms with E-state index >= 15 is 0 Å². The van der Waals surface area contributed by atoms with Gasteiger partial charge in [0.1, 0.15) is 0 Å². The van der Waals surface area contributed by atoms with E-state index in [2.05, 4.69) is 66.3 Å². The molecular weight excluding hydrogens is 380 g/mol. The van der Waals surface area contributed by atoms with Crippen LogP contribution in [-0.4, -0.2) is 41.6 Å². The summed E-state index contributed by atoms with van der Waals surface area (Å²) in [5.41, 5.74) is 7.33. The van der Waals surface area contributed by atoms with Crippen LogP contribution in [-0.2, 0) is 19.4 Å². The minimum absolute atomic E-state index is 0.450. The second-order valence-corrected chi connectivity index (χ2v) is 10.1. The van der Waals surface area contributed by atoms with E-state index in [1.165, 1.54) is 61.0 Å². The Morgan fingerprint density at radius 1 is 1.03 bits per heavy atom. The number of likely N-dealkylation sites (N-methyl/N-ethyl adjacent to an activating group) is 1. The van der Waals surface area contributed by atoms with Crippen LogP contribution in [0, 0.1) is 0 Å². The third-order valence-corrected chi connectivity index (χ3v) is 7.96.